The van der Waals surface area contributed by atoms with Gasteiger partial charge in [-0.3, -0.25) is 0 Å². The van der Waals surface area contributed by atoms with Crippen molar-refractivity contribution >= 4 is 0 Å². The van der Waals surface area contributed by atoms with Crippen molar-refractivity contribution in [3.05, 3.63) is 76.7 Å². The van der Waals surface area contributed by atoms with E-state index < -0.39 is 0 Å². The number of nitrogens with zero attached hydrogens (tertiary/aromatic N) is 1. The minimum Gasteiger partial charge on any atom is -0.345 e. The first-order valence-electron chi connectivity index (χ1n) is 8.55. The molecule has 0 atom stereocenters. The molecule has 0 bridgehead atoms. The van der Waals surface area contributed by atoms with Crippen LogP contribution in [0.25, 0.3) is 11.3 Å². The lowest BCUT2D eigenvalue weighted by Crippen LogP contribution is -2.11. The van der Waals surface area contributed by atoms with Crippen LogP contribution < -0.4 is 0 Å². The number of aromatic nitrogens is 2. The van der Waals surface area contributed by atoms with Gasteiger partial charge in [-0.25, -0.2) is 4.98 Å². The lowest BCUT2D eigenvalue weighted by Gasteiger charge is -2.19. The summed E-state index contributed by atoms with van der Waals surface area (Å²) in [4.78, 5) is 8.31. The van der Waals surface area contributed by atoms with Gasteiger partial charge in [-0.05, 0) is 36.5 Å². The molecule has 0 saturated carbocycles. The predicted octanol–water partition coefficient (Wildman–Crippen LogP) is 5.58. The van der Waals surface area contributed by atoms with E-state index in [1.54, 1.807) is 0 Å². The number of H-pyrrole nitrogens is 1. The summed E-state index contributed by atoms with van der Waals surface area (Å²) < 4.78 is 0. The van der Waals surface area contributed by atoms with Gasteiger partial charge in [-0.1, -0.05) is 68.8 Å². The van der Waals surface area contributed by atoms with E-state index in [0.29, 0.717) is 0 Å². The highest BCUT2D eigenvalue weighted by atomic mass is 14.9. The summed E-state index contributed by atoms with van der Waals surface area (Å²) in [5.41, 5.74) is 7.45. The van der Waals surface area contributed by atoms with Crippen molar-refractivity contribution in [3.8, 4) is 11.3 Å². The van der Waals surface area contributed by atoms with Crippen molar-refractivity contribution in [2.75, 3.05) is 0 Å². The van der Waals surface area contributed by atoms with Gasteiger partial charge in [0.15, 0.2) is 0 Å². The third kappa shape index (κ3) is 3.59. The number of nitrogens with one attached hydrogen (secondary N) is 1. The molecule has 0 amide bonds. The van der Waals surface area contributed by atoms with Gasteiger partial charge in [-0.15, -0.1) is 0 Å². The van der Waals surface area contributed by atoms with Crippen LogP contribution in [0.15, 0.2) is 48.5 Å². The van der Waals surface area contributed by atoms with Crippen LogP contribution in [0.2, 0.25) is 0 Å². The van der Waals surface area contributed by atoms with Crippen molar-refractivity contribution in [1.82, 2.24) is 9.97 Å². The van der Waals surface area contributed by atoms with Crippen LogP contribution in [-0.2, 0) is 11.8 Å². The minimum absolute atomic E-state index is 0.168. The average Bonchev–Trinajstić information content (AvgIpc) is 2.87. The summed E-state index contributed by atoms with van der Waals surface area (Å²) in [5.74, 6) is 1.02. The zero-order chi connectivity index (χ0) is 17.3. The van der Waals surface area contributed by atoms with Gasteiger partial charge >= 0.3 is 0 Å². The fraction of sp³-hybridized carbons (Fsp3) is 0.318. The van der Waals surface area contributed by atoms with Gasteiger partial charge in [0, 0.05) is 17.7 Å². The van der Waals surface area contributed by atoms with E-state index in [1.807, 2.05) is 0 Å². The summed E-state index contributed by atoms with van der Waals surface area (Å²) in [6.45, 7) is 11.0. The maximum absolute atomic E-state index is 4.85. The largest absolute Gasteiger partial charge is 0.345 e. The number of rotatable bonds is 3. The van der Waals surface area contributed by atoms with Crippen molar-refractivity contribution in [3.63, 3.8) is 0 Å². The lowest BCUT2D eigenvalue weighted by molar-refractivity contribution is 0.589. The Kier molecular flexibility index (Phi) is 4.31. The van der Waals surface area contributed by atoms with E-state index in [1.165, 1.54) is 22.3 Å². The quantitative estimate of drug-likeness (QED) is 0.671. The summed E-state index contributed by atoms with van der Waals surface area (Å²) in [6, 6.07) is 17.3. The Balaban J connectivity index is 1.89. The molecule has 3 rings (SSSR count). The number of hydrogen-bond acceptors (Lipinski definition) is 1. The topological polar surface area (TPSA) is 28.7 Å². The van der Waals surface area contributed by atoms with Gasteiger partial charge in [0.1, 0.15) is 5.82 Å². The molecule has 3 aromatic rings. The van der Waals surface area contributed by atoms with Crippen molar-refractivity contribution in [1.29, 1.82) is 0 Å². The molecular weight excluding hydrogens is 292 g/mol. The zero-order valence-electron chi connectivity index (χ0n) is 15.3. The van der Waals surface area contributed by atoms with E-state index in [9.17, 15) is 0 Å². The molecule has 2 nitrogen and oxygen atoms in total. The van der Waals surface area contributed by atoms with E-state index in [4.69, 9.17) is 4.98 Å². The third-order valence-corrected chi connectivity index (χ3v) is 4.39. The Morgan fingerprint density at radius 2 is 1.71 bits per heavy atom. The van der Waals surface area contributed by atoms with Crippen molar-refractivity contribution in [2.24, 2.45) is 0 Å². The van der Waals surface area contributed by atoms with Gasteiger partial charge < -0.3 is 4.98 Å². The number of aryl methyl sites for hydroxylation is 2. The van der Waals surface area contributed by atoms with E-state index in [0.717, 1.165) is 23.6 Å². The van der Waals surface area contributed by atoms with Crippen LogP contribution >= 0.6 is 0 Å². The molecule has 24 heavy (non-hydrogen) atoms. The maximum Gasteiger partial charge on any atom is 0.111 e. The SMILES string of the molecule is Cc1cccc(-c2nc(Cc3cccc(C(C)(C)C)c3)[nH]c2C)c1. The molecular formula is C22H26N2. The van der Waals surface area contributed by atoms with Crippen LogP contribution in [0.3, 0.4) is 0 Å². The average molecular weight is 318 g/mol. The molecule has 0 saturated heterocycles. The van der Waals surface area contributed by atoms with Gasteiger partial charge in [0.05, 0.1) is 5.69 Å². The van der Waals surface area contributed by atoms with Crippen LogP contribution in [0.4, 0.5) is 0 Å². The highest BCUT2D eigenvalue weighted by Gasteiger charge is 2.14. The van der Waals surface area contributed by atoms with Gasteiger partial charge in [0.2, 0.25) is 0 Å². The molecule has 1 heterocycles. The normalized spacial score (nSPS) is 11.7. The standard InChI is InChI=1S/C22H26N2/c1-15-8-6-10-18(12-15)21-16(2)23-20(24-21)14-17-9-7-11-19(13-17)22(3,4)5/h6-13H,14H2,1-5H3,(H,23,24). The van der Waals surface area contributed by atoms with Crippen LogP contribution in [0.1, 0.15) is 49.0 Å². The Bertz CT molecular complexity index is 850. The molecule has 0 spiro atoms. The molecule has 0 aliphatic heterocycles. The first kappa shape index (κ1) is 16.5. The van der Waals surface area contributed by atoms with Crippen molar-refractivity contribution < 1.29 is 0 Å². The summed E-state index contributed by atoms with van der Waals surface area (Å²) in [5, 5.41) is 0. The van der Waals surface area contributed by atoms with Crippen LogP contribution in [0.5, 0.6) is 0 Å². The molecule has 0 unspecified atom stereocenters. The summed E-state index contributed by atoms with van der Waals surface area (Å²) in [7, 11) is 0. The molecule has 124 valence electrons. The first-order chi connectivity index (χ1) is 11.3. The summed E-state index contributed by atoms with van der Waals surface area (Å²) >= 11 is 0. The summed E-state index contributed by atoms with van der Waals surface area (Å²) in [6.07, 6.45) is 0.830. The number of benzene rings is 2. The monoisotopic (exact) mass is 318 g/mol. The minimum atomic E-state index is 0.168. The van der Waals surface area contributed by atoms with Crippen LogP contribution in [0, 0.1) is 13.8 Å². The first-order valence-corrected chi connectivity index (χ1v) is 8.55. The Hall–Kier alpha value is -2.35. The lowest BCUT2D eigenvalue weighted by atomic mass is 9.86. The second kappa shape index (κ2) is 6.27. The van der Waals surface area contributed by atoms with E-state index in [2.05, 4.69) is 88.1 Å². The second-order valence-corrected chi connectivity index (χ2v) is 7.65. The molecule has 1 aromatic heterocycles. The number of imidazole rings is 1. The highest BCUT2D eigenvalue weighted by molar-refractivity contribution is 5.62. The molecule has 1 N–H and O–H groups in total. The zero-order valence-corrected chi connectivity index (χ0v) is 15.3. The van der Waals surface area contributed by atoms with Gasteiger partial charge in [-0.2, -0.15) is 0 Å². The number of aromatic amines is 1. The Labute approximate surface area is 145 Å². The van der Waals surface area contributed by atoms with E-state index >= 15 is 0 Å². The molecule has 0 fully saturated rings. The molecule has 0 aliphatic carbocycles. The Morgan fingerprint density at radius 3 is 2.42 bits per heavy atom. The van der Waals surface area contributed by atoms with Gasteiger partial charge in [0.25, 0.3) is 0 Å². The van der Waals surface area contributed by atoms with E-state index in [-0.39, 0.29) is 5.41 Å². The molecule has 0 radical (unpaired) electrons. The molecule has 0 aliphatic rings. The smallest absolute Gasteiger partial charge is 0.111 e. The third-order valence-electron chi connectivity index (χ3n) is 4.39. The Morgan fingerprint density at radius 1 is 0.958 bits per heavy atom. The van der Waals surface area contributed by atoms with Crippen molar-refractivity contribution in [2.45, 2.75) is 46.5 Å². The predicted molar refractivity (Wildman–Crippen MR) is 101 cm³/mol. The number of hydrogen-bond donors (Lipinski definition) is 1. The maximum atomic E-state index is 4.85. The fourth-order valence-electron chi connectivity index (χ4n) is 3.02. The highest BCUT2D eigenvalue weighted by Crippen LogP contribution is 2.25. The van der Waals surface area contributed by atoms with Crippen LogP contribution in [-0.4, -0.2) is 9.97 Å². The molecule has 2 aromatic carbocycles. The fourth-order valence-corrected chi connectivity index (χ4v) is 3.02. The molecule has 2 heteroatoms. The second-order valence-electron chi connectivity index (χ2n) is 7.65.